The van der Waals surface area contributed by atoms with Gasteiger partial charge in [-0.05, 0) is 36.4 Å². The van der Waals surface area contributed by atoms with Crippen molar-refractivity contribution in [2.45, 2.75) is 32.4 Å². The molecule has 1 saturated heterocycles. The minimum absolute atomic E-state index is 0.498. The Morgan fingerprint density at radius 2 is 1.90 bits per heavy atom. The molecule has 0 radical (unpaired) electrons. The summed E-state index contributed by atoms with van der Waals surface area (Å²) in [6.07, 6.45) is 0.986. The predicted molar refractivity (Wildman–Crippen MR) is 123 cm³/mol. The highest BCUT2D eigenvalue weighted by Crippen LogP contribution is 2.31. The number of rotatable bonds is 6. The fourth-order valence-electron chi connectivity index (χ4n) is 3.93. The Balaban J connectivity index is 1.60. The van der Waals surface area contributed by atoms with Crippen LogP contribution in [0.3, 0.4) is 0 Å². The lowest BCUT2D eigenvalue weighted by Crippen LogP contribution is -2.48. The molecule has 160 valence electrons. The molecule has 1 aliphatic heterocycles. The number of ether oxygens (including phenoxy) is 1. The van der Waals surface area contributed by atoms with E-state index in [1.165, 1.54) is 4.90 Å². The number of nitrogens with zero attached hydrogens (tertiary/aromatic N) is 4. The maximum Gasteiger partial charge on any atom is 0.407 e. The summed E-state index contributed by atoms with van der Waals surface area (Å²) in [5.41, 5.74) is 3.17. The zero-order valence-corrected chi connectivity index (χ0v) is 19.0. The fraction of sp³-hybridized carbons (Fsp3) is 0.455. The van der Waals surface area contributed by atoms with Crippen molar-refractivity contribution in [2.24, 2.45) is 0 Å². The first-order chi connectivity index (χ1) is 14.3. The standard InChI is InChI=1S/C22H30N4O3Si/c1-30(2,3)14-13-29-16-26-20-7-6-17(24-9-11-25(12-10-24)22(27)28)15-19(20)18-5-4-8-23-21(18)26/h4-8,15H,9-14,16H2,1-3H3,(H,27,28). The van der Waals surface area contributed by atoms with Gasteiger partial charge in [0.05, 0.1) is 5.52 Å². The number of benzene rings is 1. The third-order valence-electron chi connectivity index (χ3n) is 5.74. The first kappa shape index (κ1) is 20.7. The minimum atomic E-state index is -1.12. The van der Waals surface area contributed by atoms with Crippen molar-refractivity contribution in [3.63, 3.8) is 0 Å². The molecule has 3 heterocycles. The molecule has 1 N–H and O–H groups in total. The fourth-order valence-corrected chi connectivity index (χ4v) is 4.69. The number of amides is 1. The number of anilines is 1. The number of hydrogen-bond acceptors (Lipinski definition) is 4. The van der Waals surface area contributed by atoms with Gasteiger partial charge in [-0.1, -0.05) is 19.6 Å². The molecular formula is C22H30N4O3Si. The molecule has 0 unspecified atom stereocenters. The van der Waals surface area contributed by atoms with E-state index in [1.54, 1.807) is 0 Å². The maximum absolute atomic E-state index is 11.2. The number of fused-ring (bicyclic) bond motifs is 3. The van der Waals surface area contributed by atoms with Gasteiger partial charge in [0.25, 0.3) is 0 Å². The van der Waals surface area contributed by atoms with Crippen LogP contribution in [0.15, 0.2) is 36.5 Å². The van der Waals surface area contributed by atoms with E-state index in [4.69, 9.17) is 4.74 Å². The Morgan fingerprint density at radius 1 is 1.13 bits per heavy atom. The second-order valence-corrected chi connectivity index (χ2v) is 14.7. The van der Waals surface area contributed by atoms with Gasteiger partial charge >= 0.3 is 6.09 Å². The third kappa shape index (κ3) is 4.29. The first-order valence-corrected chi connectivity index (χ1v) is 14.2. The van der Waals surface area contributed by atoms with E-state index in [9.17, 15) is 9.90 Å². The van der Waals surface area contributed by atoms with Crippen LogP contribution in [0.4, 0.5) is 10.5 Å². The summed E-state index contributed by atoms with van der Waals surface area (Å²) in [6.45, 7) is 10.8. The summed E-state index contributed by atoms with van der Waals surface area (Å²) in [7, 11) is -1.12. The molecular weight excluding hydrogens is 396 g/mol. The molecule has 1 aromatic carbocycles. The van der Waals surface area contributed by atoms with Crippen LogP contribution in [-0.2, 0) is 11.5 Å². The van der Waals surface area contributed by atoms with Gasteiger partial charge < -0.3 is 24.2 Å². The van der Waals surface area contributed by atoms with E-state index in [0.717, 1.165) is 40.3 Å². The van der Waals surface area contributed by atoms with Gasteiger partial charge in [0.2, 0.25) is 0 Å². The first-order valence-electron chi connectivity index (χ1n) is 10.5. The molecule has 4 rings (SSSR count). The highest BCUT2D eigenvalue weighted by molar-refractivity contribution is 6.76. The Morgan fingerprint density at radius 3 is 2.60 bits per heavy atom. The smallest absolute Gasteiger partial charge is 0.407 e. The van der Waals surface area contributed by atoms with E-state index in [2.05, 4.69) is 58.4 Å². The Kier molecular flexibility index (Phi) is 5.70. The average molecular weight is 427 g/mol. The summed E-state index contributed by atoms with van der Waals surface area (Å²) in [4.78, 5) is 19.5. The molecule has 0 bridgehead atoms. The molecule has 1 amide bonds. The topological polar surface area (TPSA) is 70.8 Å². The van der Waals surface area contributed by atoms with Crippen molar-refractivity contribution in [3.05, 3.63) is 36.5 Å². The predicted octanol–water partition coefficient (Wildman–Crippen LogP) is 4.30. The number of hydrogen-bond donors (Lipinski definition) is 1. The summed E-state index contributed by atoms with van der Waals surface area (Å²) in [5, 5.41) is 11.5. The van der Waals surface area contributed by atoms with Crippen molar-refractivity contribution in [2.75, 3.05) is 37.7 Å². The SMILES string of the molecule is C[Si](C)(C)CCOCn1c2ccc(N3CCN(C(=O)O)CC3)cc2c2cccnc21. The van der Waals surface area contributed by atoms with Crippen molar-refractivity contribution in [1.82, 2.24) is 14.5 Å². The molecule has 0 atom stereocenters. The number of pyridine rings is 1. The van der Waals surface area contributed by atoms with Gasteiger partial charge in [-0.3, -0.25) is 0 Å². The van der Waals surface area contributed by atoms with Crippen LogP contribution in [0.1, 0.15) is 0 Å². The van der Waals surface area contributed by atoms with Crippen molar-refractivity contribution in [3.8, 4) is 0 Å². The van der Waals surface area contributed by atoms with Gasteiger partial charge in [-0.15, -0.1) is 0 Å². The number of carboxylic acid groups (broad SMARTS) is 1. The van der Waals surface area contributed by atoms with E-state index >= 15 is 0 Å². The minimum Gasteiger partial charge on any atom is -0.465 e. The number of aromatic nitrogens is 2. The zero-order valence-electron chi connectivity index (χ0n) is 18.0. The van der Waals surface area contributed by atoms with Gasteiger partial charge in [0.1, 0.15) is 12.4 Å². The largest absolute Gasteiger partial charge is 0.465 e. The van der Waals surface area contributed by atoms with Crippen LogP contribution in [0.5, 0.6) is 0 Å². The second-order valence-electron chi connectivity index (χ2n) is 9.11. The van der Waals surface area contributed by atoms with E-state index in [0.29, 0.717) is 32.9 Å². The molecule has 0 spiro atoms. The Hall–Kier alpha value is -2.58. The van der Waals surface area contributed by atoms with E-state index in [-0.39, 0.29) is 0 Å². The van der Waals surface area contributed by atoms with Gasteiger partial charge in [-0.25, -0.2) is 9.78 Å². The molecule has 2 aromatic heterocycles. The summed E-state index contributed by atoms with van der Waals surface area (Å²) >= 11 is 0. The molecule has 1 aliphatic rings. The third-order valence-corrected chi connectivity index (χ3v) is 7.44. The maximum atomic E-state index is 11.2. The molecule has 30 heavy (non-hydrogen) atoms. The molecule has 1 fully saturated rings. The Labute approximate surface area is 177 Å². The van der Waals surface area contributed by atoms with Gasteiger partial charge in [0, 0.05) is 63.5 Å². The van der Waals surface area contributed by atoms with Gasteiger partial charge in [0.15, 0.2) is 0 Å². The van der Waals surface area contributed by atoms with Crippen molar-refractivity contribution >= 4 is 41.8 Å². The van der Waals surface area contributed by atoms with Gasteiger partial charge in [-0.2, -0.15) is 0 Å². The molecule has 7 nitrogen and oxygen atoms in total. The summed E-state index contributed by atoms with van der Waals surface area (Å²) < 4.78 is 8.19. The molecule has 0 saturated carbocycles. The van der Waals surface area contributed by atoms with Crippen LogP contribution in [0.25, 0.3) is 21.9 Å². The zero-order chi connectivity index (χ0) is 21.3. The van der Waals surface area contributed by atoms with Crippen LogP contribution in [-0.4, -0.2) is 66.5 Å². The monoisotopic (exact) mass is 426 g/mol. The quantitative estimate of drug-likeness (QED) is 0.470. The lowest BCUT2D eigenvalue weighted by Gasteiger charge is -2.34. The number of piperazine rings is 1. The van der Waals surface area contributed by atoms with Crippen molar-refractivity contribution < 1.29 is 14.6 Å². The van der Waals surface area contributed by atoms with Crippen LogP contribution < -0.4 is 4.90 Å². The Bertz CT molecular complexity index is 1050. The van der Waals surface area contributed by atoms with Crippen molar-refractivity contribution in [1.29, 1.82) is 0 Å². The van der Waals surface area contributed by atoms with Crippen LogP contribution in [0, 0.1) is 0 Å². The normalized spacial score (nSPS) is 15.3. The average Bonchev–Trinajstić information content (AvgIpc) is 3.04. The van der Waals surface area contributed by atoms with E-state index in [1.807, 2.05) is 12.3 Å². The second kappa shape index (κ2) is 8.27. The molecule has 3 aromatic rings. The highest BCUT2D eigenvalue weighted by Gasteiger charge is 2.21. The molecule has 8 heteroatoms. The highest BCUT2D eigenvalue weighted by atomic mass is 28.3. The summed E-state index contributed by atoms with van der Waals surface area (Å²) in [6, 6.07) is 11.7. The number of carbonyl (C=O) groups is 1. The molecule has 0 aliphatic carbocycles. The summed E-state index contributed by atoms with van der Waals surface area (Å²) in [5.74, 6) is 0. The van der Waals surface area contributed by atoms with Crippen LogP contribution in [0.2, 0.25) is 25.7 Å². The lowest BCUT2D eigenvalue weighted by molar-refractivity contribution is 0.0926. The lowest BCUT2D eigenvalue weighted by atomic mass is 10.1. The van der Waals surface area contributed by atoms with Crippen LogP contribution >= 0.6 is 0 Å². The van der Waals surface area contributed by atoms with E-state index < -0.39 is 14.2 Å².